The fourth-order valence-corrected chi connectivity index (χ4v) is 3.55. The Morgan fingerprint density at radius 2 is 2.25 bits per heavy atom. The van der Waals surface area contributed by atoms with Crippen LogP contribution < -0.4 is 5.32 Å². The lowest BCUT2D eigenvalue weighted by Crippen LogP contribution is -2.43. The van der Waals surface area contributed by atoms with E-state index in [9.17, 15) is 4.79 Å². The maximum atomic E-state index is 12.8. The van der Waals surface area contributed by atoms with Crippen LogP contribution in [-0.4, -0.2) is 29.9 Å². The lowest BCUT2D eigenvalue weighted by atomic mass is 9.91. The second kappa shape index (κ2) is 5.60. The first kappa shape index (κ1) is 13.7. The molecular weight excluding hydrogens is 252 g/mol. The lowest BCUT2D eigenvalue weighted by molar-refractivity contribution is -0.138. The molecule has 0 radical (unpaired) electrons. The summed E-state index contributed by atoms with van der Waals surface area (Å²) in [6.07, 6.45) is 4.03. The SMILES string of the molecule is Cc1ccc(C2CCCN2C(=O)[C@H]2CCN[C@@H](C)C2)o1. The van der Waals surface area contributed by atoms with E-state index in [0.29, 0.717) is 11.9 Å². The van der Waals surface area contributed by atoms with Crippen molar-refractivity contribution in [3.8, 4) is 0 Å². The quantitative estimate of drug-likeness (QED) is 0.903. The Morgan fingerprint density at radius 3 is 2.95 bits per heavy atom. The molecule has 20 heavy (non-hydrogen) atoms. The number of carbonyl (C=O) groups excluding carboxylic acids is 1. The third-order valence-corrected chi connectivity index (χ3v) is 4.60. The van der Waals surface area contributed by atoms with Gasteiger partial charge in [-0.05, 0) is 58.2 Å². The van der Waals surface area contributed by atoms with Gasteiger partial charge in [-0.1, -0.05) is 0 Å². The summed E-state index contributed by atoms with van der Waals surface area (Å²) < 4.78 is 5.75. The van der Waals surface area contributed by atoms with Crippen LogP contribution in [0.4, 0.5) is 0 Å². The Balaban J connectivity index is 1.73. The van der Waals surface area contributed by atoms with E-state index in [-0.39, 0.29) is 12.0 Å². The van der Waals surface area contributed by atoms with Gasteiger partial charge >= 0.3 is 0 Å². The molecule has 0 spiro atoms. The second-order valence-corrected chi connectivity index (χ2v) is 6.21. The predicted octanol–water partition coefficient (Wildman–Crippen LogP) is 2.64. The fourth-order valence-electron chi connectivity index (χ4n) is 3.55. The van der Waals surface area contributed by atoms with Crippen molar-refractivity contribution in [3.05, 3.63) is 23.7 Å². The van der Waals surface area contributed by atoms with E-state index >= 15 is 0 Å². The maximum Gasteiger partial charge on any atom is 0.226 e. The molecule has 1 unspecified atom stereocenters. The standard InChI is InChI=1S/C16H24N2O2/c1-11-10-13(7-8-17-11)16(19)18-9-3-4-14(18)15-6-5-12(2)20-15/h5-6,11,13-14,17H,3-4,7-10H2,1-2H3/t11-,13-,14?/m0/s1. The minimum atomic E-state index is 0.154. The Morgan fingerprint density at radius 1 is 1.40 bits per heavy atom. The van der Waals surface area contributed by atoms with Crippen LogP contribution in [0.25, 0.3) is 0 Å². The van der Waals surface area contributed by atoms with Crippen molar-refractivity contribution in [3.63, 3.8) is 0 Å². The molecule has 1 N–H and O–H groups in total. The molecule has 4 nitrogen and oxygen atoms in total. The van der Waals surface area contributed by atoms with Crippen molar-refractivity contribution in [1.82, 2.24) is 10.2 Å². The van der Waals surface area contributed by atoms with E-state index in [0.717, 1.165) is 50.3 Å². The topological polar surface area (TPSA) is 45.5 Å². The van der Waals surface area contributed by atoms with Gasteiger partial charge in [0.2, 0.25) is 5.91 Å². The van der Waals surface area contributed by atoms with Gasteiger partial charge in [-0.3, -0.25) is 4.79 Å². The van der Waals surface area contributed by atoms with Gasteiger partial charge < -0.3 is 14.6 Å². The van der Waals surface area contributed by atoms with Crippen molar-refractivity contribution in [1.29, 1.82) is 0 Å². The van der Waals surface area contributed by atoms with Gasteiger partial charge in [-0.2, -0.15) is 0 Å². The largest absolute Gasteiger partial charge is 0.464 e. The summed E-state index contributed by atoms with van der Waals surface area (Å²) in [6, 6.07) is 4.62. The zero-order valence-electron chi connectivity index (χ0n) is 12.4. The molecule has 2 saturated heterocycles. The normalized spacial score (nSPS) is 30.7. The zero-order valence-corrected chi connectivity index (χ0v) is 12.4. The molecule has 2 aliphatic rings. The van der Waals surface area contributed by atoms with Crippen LogP contribution in [0.5, 0.6) is 0 Å². The summed E-state index contributed by atoms with van der Waals surface area (Å²) in [7, 11) is 0. The summed E-state index contributed by atoms with van der Waals surface area (Å²) in [5.41, 5.74) is 0. The Hall–Kier alpha value is -1.29. The van der Waals surface area contributed by atoms with Crippen molar-refractivity contribution in [2.45, 2.75) is 51.6 Å². The van der Waals surface area contributed by atoms with E-state index < -0.39 is 0 Å². The molecule has 2 fully saturated rings. The van der Waals surface area contributed by atoms with Gasteiger partial charge in [0.1, 0.15) is 11.5 Å². The Bertz CT molecular complexity index is 483. The maximum absolute atomic E-state index is 12.8. The first-order valence-corrected chi connectivity index (χ1v) is 7.75. The smallest absolute Gasteiger partial charge is 0.226 e. The van der Waals surface area contributed by atoms with Crippen LogP contribution in [0.3, 0.4) is 0 Å². The molecule has 0 bridgehead atoms. The van der Waals surface area contributed by atoms with Crippen molar-refractivity contribution in [2.75, 3.05) is 13.1 Å². The number of hydrogen-bond donors (Lipinski definition) is 1. The molecule has 0 aromatic carbocycles. The first-order valence-electron chi connectivity index (χ1n) is 7.75. The first-order chi connectivity index (χ1) is 9.65. The summed E-state index contributed by atoms with van der Waals surface area (Å²) in [5, 5.41) is 3.41. The number of nitrogens with zero attached hydrogens (tertiary/aromatic N) is 1. The molecule has 0 aliphatic carbocycles. The molecule has 4 heteroatoms. The average Bonchev–Trinajstić information content (AvgIpc) is 3.06. The van der Waals surface area contributed by atoms with Crippen LogP contribution >= 0.6 is 0 Å². The third-order valence-electron chi connectivity index (χ3n) is 4.60. The monoisotopic (exact) mass is 276 g/mol. The van der Waals surface area contributed by atoms with Gasteiger partial charge in [-0.25, -0.2) is 0 Å². The number of piperidine rings is 1. The summed E-state index contributed by atoms with van der Waals surface area (Å²) in [4.78, 5) is 14.8. The summed E-state index contributed by atoms with van der Waals surface area (Å²) in [5.74, 6) is 2.39. The van der Waals surface area contributed by atoms with Gasteiger partial charge in [0.15, 0.2) is 0 Å². The van der Waals surface area contributed by atoms with E-state index in [4.69, 9.17) is 4.42 Å². The molecule has 3 atom stereocenters. The minimum absolute atomic E-state index is 0.154. The molecule has 1 amide bonds. The van der Waals surface area contributed by atoms with Crippen LogP contribution in [0.1, 0.15) is 50.2 Å². The number of rotatable bonds is 2. The predicted molar refractivity (Wildman–Crippen MR) is 77.3 cm³/mol. The number of hydrogen-bond acceptors (Lipinski definition) is 3. The highest BCUT2D eigenvalue weighted by Gasteiger charge is 2.36. The number of aryl methyl sites for hydroxylation is 1. The van der Waals surface area contributed by atoms with E-state index in [1.807, 2.05) is 19.1 Å². The molecule has 1 aromatic rings. The summed E-state index contributed by atoms with van der Waals surface area (Å²) in [6.45, 7) is 5.95. The van der Waals surface area contributed by atoms with E-state index in [1.165, 1.54) is 0 Å². The number of likely N-dealkylation sites (tertiary alicyclic amines) is 1. The van der Waals surface area contributed by atoms with Gasteiger partial charge in [0.05, 0.1) is 6.04 Å². The Labute approximate surface area is 120 Å². The average molecular weight is 276 g/mol. The highest BCUT2D eigenvalue weighted by atomic mass is 16.3. The highest BCUT2D eigenvalue weighted by Crippen LogP contribution is 2.35. The van der Waals surface area contributed by atoms with Gasteiger partial charge in [0.25, 0.3) is 0 Å². The summed E-state index contributed by atoms with van der Waals surface area (Å²) >= 11 is 0. The number of carbonyl (C=O) groups is 1. The molecule has 2 aliphatic heterocycles. The zero-order chi connectivity index (χ0) is 14.1. The Kier molecular flexibility index (Phi) is 3.83. The minimum Gasteiger partial charge on any atom is -0.464 e. The van der Waals surface area contributed by atoms with Crippen molar-refractivity contribution >= 4 is 5.91 Å². The number of amides is 1. The lowest BCUT2D eigenvalue weighted by Gasteiger charge is -2.32. The van der Waals surface area contributed by atoms with Crippen molar-refractivity contribution < 1.29 is 9.21 Å². The highest BCUT2D eigenvalue weighted by molar-refractivity contribution is 5.79. The molecule has 1 aromatic heterocycles. The molecule has 3 rings (SSSR count). The van der Waals surface area contributed by atoms with Crippen LogP contribution in [0, 0.1) is 12.8 Å². The van der Waals surface area contributed by atoms with Gasteiger partial charge in [-0.15, -0.1) is 0 Å². The fraction of sp³-hybridized carbons (Fsp3) is 0.688. The number of furan rings is 1. The number of nitrogens with one attached hydrogen (secondary N) is 1. The van der Waals surface area contributed by atoms with Crippen LogP contribution in [0.15, 0.2) is 16.5 Å². The molecule has 110 valence electrons. The third kappa shape index (κ3) is 2.62. The van der Waals surface area contributed by atoms with Crippen LogP contribution in [-0.2, 0) is 4.79 Å². The second-order valence-electron chi connectivity index (χ2n) is 6.21. The van der Waals surface area contributed by atoms with E-state index in [2.05, 4.69) is 17.1 Å². The molecule has 3 heterocycles. The van der Waals surface area contributed by atoms with E-state index in [1.54, 1.807) is 0 Å². The van der Waals surface area contributed by atoms with Gasteiger partial charge in [0, 0.05) is 18.5 Å². The molecular formula is C16H24N2O2. The van der Waals surface area contributed by atoms with Crippen LogP contribution in [0.2, 0.25) is 0 Å². The molecule has 0 saturated carbocycles. The van der Waals surface area contributed by atoms with Crippen molar-refractivity contribution in [2.24, 2.45) is 5.92 Å².